The zero-order valence-corrected chi connectivity index (χ0v) is 21.8. The van der Waals surface area contributed by atoms with Gasteiger partial charge in [-0.2, -0.15) is 0 Å². The van der Waals surface area contributed by atoms with Crippen LogP contribution in [0, 0.1) is 0 Å². The smallest absolute Gasteiger partial charge is 0.332 e. The highest BCUT2D eigenvalue weighted by molar-refractivity contribution is 5.88. The summed E-state index contributed by atoms with van der Waals surface area (Å²) in [7, 11) is 0. The van der Waals surface area contributed by atoms with Gasteiger partial charge >= 0.3 is 11.9 Å². The molecule has 0 aliphatic rings. The first-order valence-electron chi connectivity index (χ1n) is 14.2. The number of unbranched alkanes of at least 4 members (excludes halogenated alkanes) is 21. The van der Waals surface area contributed by atoms with Crippen LogP contribution in [0.4, 0.5) is 0 Å². The van der Waals surface area contributed by atoms with E-state index in [-0.39, 0.29) is 6.42 Å². The lowest BCUT2D eigenvalue weighted by Gasteiger charge is -2.07. The molecule has 0 aromatic heterocycles. The van der Waals surface area contributed by atoms with E-state index in [1.165, 1.54) is 122 Å². The first-order chi connectivity index (χ1) is 16.1. The molecule has 1 atom stereocenters. The van der Waals surface area contributed by atoms with Crippen LogP contribution in [0.25, 0.3) is 0 Å². The number of esters is 2. The van der Waals surface area contributed by atoms with Crippen molar-refractivity contribution in [2.24, 2.45) is 5.73 Å². The van der Waals surface area contributed by atoms with Gasteiger partial charge in [-0.3, -0.25) is 4.79 Å². The maximum atomic E-state index is 11.5. The van der Waals surface area contributed by atoms with Gasteiger partial charge in [0.25, 0.3) is 0 Å². The van der Waals surface area contributed by atoms with Crippen LogP contribution in [0.15, 0.2) is 0 Å². The van der Waals surface area contributed by atoms with Crippen molar-refractivity contribution in [2.45, 2.75) is 161 Å². The van der Waals surface area contributed by atoms with Gasteiger partial charge in [-0.1, -0.05) is 142 Å². The topological polar surface area (TPSA) is 89.6 Å². The zero-order chi connectivity index (χ0) is 24.4. The molecule has 0 rings (SSSR count). The number of carbonyl (C=O) groups excluding carboxylic acids is 2. The minimum atomic E-state index is -1.13. The van der Waals surface area contributed by atoms with Crippen molar-refractivity contribution in [3.05, 3.63) is 0 Å². The molecule has 0 saturated carbocycles. The number of aliphatic hydroxyl groups excluding tert-OH is 1. The fraction of sp³-hybridized carbons (Fsp3) is 0.929. The van der Waals surface area contributed by atoms with Crippen LogP contribution in [0.2, 0.25) is 0 Å². The summed E-state index contributed by atoms with van der Waals surface area (Å²) in [6.07, 6.45) is 29.5. The molecule has 0 aromatic carbocycles. The second-order valence-corrected chi connectivity index (χ2v) is 9.76. The van der Waals surface area contributed by atoms with E-state index in [4.69, 9.17) is 10.8 Å². The Kier molecular flexibility index (Phi) is 24.9. The van der Waals surface area contributed by atoms with E-state index in [9.17, 15) is 9.59 Å². The van der Waals surface area contributed by atoms with Crippen LogP contribution in [0.1, 0.15) is 155 Å². The van der Waals surface area contributed by atoms with Crippen molar-refractivity contribution in [3.63, 3.8) is 0 Å². The summed E-state index contributed by atoms with van der Waals surface area (Å²) in [6, 6.07) is -1.13. The number of hydrogen-bond acceptors (Lipinski definition) is 5. The minimum absolute atomic E-state index is 0.239. The average molecular weight is 470 g/mol. The molecule has 0 aromatic rings. The van der Waals surface area contributed by atoms with Gasteiger partial charge in [0.05, 0.1) is 6.61 Å². The fourth-order valence-electron chi connectivity index (χ4n) is 4.19. The molecule has 0 amide bonds. The van der Waals surface area contributed by atoms with E-state index in [1.807, 2.05) is 0 Å². The molecule has 5 heteroatoms. The van der Waals surface area contributed by atoms with Crippen molar-refractivity contribution in [2.75, 3.05) is 6.61 Å². The van der Waals surface area contributed by atoms with Crippen molar-refractivity contribution in [1.82, 2.24) is 0 Å². The Morgan fingerprint density at radius 2 is 0.909 bits per heavy atom. The molecule has 0 aliphatic heterocycles. The highest BCUT2D eigenvalue weighted by atomic mass is 16.6. The third-order valence-electron chi connectivity index (χ3n) is 6.45. The van der Waals surface area contributed by atoms with Gasteiger partial charge in [0.15, 0.2) is 0 Å². The zero-order valence-electron chi connectivity index (χ0n) is 21.8. The molecule has 5 nitrogen and oxygen atoms in total. The number of carbonyl (C=O) groups is 2. The Balaban J connectivity index is 3.17. The summed E-state index contributed by atoms with van der Waals surface area (Å²) >= 11 is 0. The van der Waals surface area contributed by atoms with E-state index in [0.29, 0.717) is 0 Å². The molecule has 33 heavy (non-hydrogen) atoms. The number of aliphatic hydroxyl groups is 1. The molecule has 0 bridgehead atoms. The summed E-state index contributed by atoms with van der Waals surface area (Å²) in [4.78, 5) is 22.8. The molecule has 0 aliphatic carbocycles. The Labute approximate surface area is 204 Å². The quantitative estimate of drug-likeness (QED) is 0.0827. The van der Waals surface area contributed by atoms with E-state index in [0.717, 1.165) is 19.3 Å². The lowest BCUT2D eigenvalue weighted by Crippen LogP contribution is -2.36. The molecule has 0 fully saturated rings. The molecular weight excluding hydrogens is 414 g/mol. The molecule has 0 saturated heterocycles. The Morgan fingerprint density at radius 3 is 1.21 bits per heavy atom. The van der Waals surface area contributed by atoms with Crippen LogP contribution in [-0.4, -0.2) is 29.7 Å². The average Bonchev–Trinajstić information content (AvgIpc) is 2.81. The van der Waals surface area contributed by atoms with Crippen molar-refractivity contribution in [1.29, 1.82) is 0 Å². The third-order valence-corrected chi connectivity index (χ3v) is 6.45. The number of rotatable bonds is 25. The normalized spacial score (nSPS) is 12.1. The first-order valence-corrected chi connectivity index (χ1v) is 14.2. The second kappa shape index (κ2) is 25.7. The van der Waals surface area contributed by atoms with Gasteiger partial charge in [0.1, 0.15) is 6.04 Å². The summed E-state index contributed by atoms with van der Waals surface area (Å²) in [5.41, 5.74) is 5.30. The molecule has 3 N–H and O–H groups in total. The molecule has 0 heterocycles. The number of nitrogens with two attached hydrogens (primary N) is 1. The number of hydrogen-bond donors (Lipinski definition) is 2. The molecule has 0 unspecified atom stereocenters. The van der Waals surface area contributed by atoms with Gasteiger partial charge in [-0.05, 0) is 6.42 Å². The monoisotopic (exact) mass is 469 g/mol. The minimum Gasteiger partial charge on any atom is -0.394 e. The van der Waals surface area contributed by atoms with E-state index in [1.54, 1.807) is 0 Å². The summed E-state index contributed by atoms with van der Waals surface area (Å²) in [6.45, 7) is 1.77. The highest BCUT2D eigenvalue weighted by Crippen LogP contribution is 2.15. The summed E-state index contributed by atoms with van der Waals surface area (Å²) < 4.78 is 4.59. The predicted octanol–water partition coefficient (Wildman–Crippen LogP) is 7.37. The summed E-state index contributed by atoms with van der Waals surface area (Å²) in [5.74, 6) is -1.39. The van der Waals surface area contributed by atoms with Crippen molar-refractivity contribution >= 4 is 11.9 Å². The molecule has 196 valence electrons. The van der Waals surface area contributed by atoms with Gasteiger partial charge < -0.3 is 15.6 Å². The largest absolute Gasteiger partial charge is 0.394 e. The lowest BCUT2D eigenvalue weighted by atomic mass is 10.0. The van der Waals surface area contributed by atoms with Crippen LogP contribution < -0.4 is 5.73 Å². The van der Waals surface area contributed by atoms with Gasteiger partial charge in [-0.15, -0.1) is 0 Å². The Hall–Kier alpha value is -0.940. The molecular formula is C28H55NO4. The third kappa shape index (κ3) is 24.0. The van der Waals surface area contributed by atoms with Crippen LogP contribution in [-0.2, 0) is 14.3 Å². The molecule has 0 spiro atoms. The van der Waals surface area contributed by atoms with Gasteiger partial charge in [0.2, 0.25) is 0 Å². The van der Waals surface area contributed by atoms with Gasteiger partial charge in [0, 0.05) is 6.42 Å². The number of ether oxygens (including phenoxy) is 1. The van der Waals surface area contributed by atoms with Crippen LogP contribution in [0.5, 0.6) is 0 Å². The van der Waals surface area contributed by atoms with Gasteiger partial charge in [-0.25, -0.2) is 4.79 Å². The summed E-state index contributed by atoms with van der Waals surface area (Å²) in [5, 5.41) is 8.74. The SMILES string of the molecule is CCCCCCCCCCCCCCCCCCCCCCCCC(=O)OC(=O)[C@@H](N)CO. The first kappa shape index (κ1) is 32.1. The Bertz CT molecular complexity index is 442. The maximum Gasteiger partial charge on any atom is 0.332 e. The van der Waals surface area contributed by atoms with E-state index >= 15 is 0 Å². The molecule has 0 radical (unpaired) electrons. The van der Waals surface area contributed by atoms with Crippen molar-refractivity contribution in [3.8, 4) is 0 Å². The standard InChI is InChI=1S/C28H55NO4/c1-2-3-4-5-6-7-8-9-10-11-12-13-14-15-16-17-18-19-20-21-22-23-24-27(31)33-28(32)26(29)25-30/h26,30H,2-25,29H2,1H3/t26-/m0/s1. The highest BCUT2D eigenvalue weighted by Gasteiger charge is 2.17. The lowest BCUT2D eigenvalue weighted by molar-refractivity contribution is -0.161. The second-order valence-electron chi connectivity index (χ2n) is 9.76. The fourth-order valence-corrected chi connectivity index (χ4v) is 4.19. The van der Waals surface area contributed by atoms with Crippen molar-refractivity contribution < 1.29 is 19.4 Å². The van der Waals surface area contributed by atoms with E-state index in [2.05, 4.69) is 11.7 Å². The Morgan fingerprint density at radius 1 is 0.606 bits per heavy atom. The van der Waals surface area contributed by atoms with Crippen LogP contribution in [0.3, 0.4) is 0 Å². The maximum absolute atomic E-state index is 11.5. The van der Waals surface area contributed by atoms with Crippen LogP contribution >= 0.6 is 0 Å². The predicted molar refractivity (Wildman–Crippen MR) is 138 cm³/mol. The van der Waals surface area contributed by atoms with E-state index < -0.39 is 24.6 Å².